The van der Waals surface area contributed by atoms with E-state index < -0.39 is 17.6 Å². The monoisotopic (exact) mass is 329 g/mol. The second kappa shape index (κ2) is 6.02. The van der Waals surface area contributed by atoms with E-state index in [2.05, 4.69) is 0 Å². The summed E-state index contributed by atoms with van der Waals surface area (Å²) in [5.41, 5.74) is 5.41. The molecule has 3 atom stereocenters. The van der Waals surface area contributed by atoms with Gasteiger partial charge in [-0.15, -0.1) is 11.8 Å². The van der Waals surface area contributed by atoms with Gasteiger partial charge in [-0.2, -0.15) is 0 Å². The highest BCUT2D eigenvalue weighted by Crippen LogP contribution is 2.44. The Balaban J connectivity index is 2.14. The van der Waals surface area contributed by atoms with E-state index in [1.165, 1.54) is 6.92 Å². The SMILES string of the molecule is C[C@@H](O)[C@H](N)C(=O)N1CCSC12CCN(C(=O)C(C)(C)C)C2. The van der Waals surface area contributed by atoms with Gasteiger partial charge in [-0.1, -0.05) is 20.8 Å². The maximum absolute atomic E-state index is 12.5. The van der Waals surface area contributed by atoms with E-state index in [4.69, 9.17) is 5.73 Å². The first kappa shape index (κ1) is 17.6. The van der Waals surface area contributed by atoms with Crippen molar-refractivity contribution >= 4 is 23.6 Å². The van der Waals surface area contributed by atoms with Crippen LogP contribution < -0.4 is 5.73 Å². The van der Waals surface area contributed by atoms with E-state index in [1.807, 2.05) is 25.7 Å². The number of amides is 2. The molecule has 0 aromatic heterocycles. The number of aliphatic hydroxyl groups is 1. The first-order valence-corrected chi connectivity index (χ1v) is 8.75. The van der Waals surface area contributed by atoms with Crippen molar-refractivity contribution in [2.24, 2.45) is 11.1 Å². The highest BCUT2D eigenvalue weighted by Gasteiger charge is 2.51. The molecule has 3 N–H and O–H groups in total. The molecule has 2 aliphatic heterocycles. The van der Waals surface area contributed by atoms with Crippen LogP contribution in [-0.2, 0) is 9.59 Å². The fraction of sp³-hybridized carbons (Fsp3) is 0.867. The van der Waals surface area contributed by atoms with E-state index in [9.17, 15) is 14.7 Å². The zero-order valence-electron chi connectivity index (χ0n) is 13.8. The molecule has 0 saturated carbocycles. The highest BCUT2D eigenvalue weighted by atomic mass is 32.2. The zero-order valence-corrected chi connectivity index (χ0v) is 14.7. The lowest BCUT2D eigenvalue weighted by molar-refractivity contribution is -0.141. The summed E-state index contributed by atoms with van der Waals surface area (Å²) in [6.45, 7) is 9.10. The average Bonchev–Trinajstić information content (AvgIpc) is 3.03. The molecule has 0 aromatic rings. The van der Waals surface area contributed by atoms with Crippen molar-refractivity contribution in [3.05, 3.63) is 0 Å². The minimum atomic E-state index is -0.900. The summed E-state index contributed by atoms with van der Waals surface area (Å²) in [7, 11) is 0. The number of nitrogens with zero attached hydrogens (tertiary/aromatic N) is 2. The summed E-state index contributed by atoms with van der Waals surface area (Å²) in [4.78, 5) is 28.3. The molecule has 2 amide bonds. The van der Waals surface area contributed by atoms with Crippen molar-refractivity contribution in [2.45, 2.75) is 51.1 Å². The Morgan fingerprint density at radius 2 is 1.95 bits per heavy atom. The molecule has 126 valence electrons. The van der Waals surface area contributed by atoms with Gasteiger partial charge in [0.05, 0.1) is 12.6 Å². The molecule has 2 aliphatic rings. The van der Waals surface area contributed by atoms with Gasteiger partial charge in [0.2, 0.25) is 11.8 Å². The van der Waals surface area contributed by atoms with Gasteiger partial charge in [-0.05, 0) is 13.3 Å². The lowest BCUT2D eigenvalue weighted by atomic mass is 9.95. The Morgan fingerprint density at radius 1 is 1.32 bits per heavy atom. The van der Waals surface area contributed by atoms with E-state index in [0.717, 1.165) is 12.2 Å². The number of aliphatic hydroxyl groups excluding tert-OH is 1. The molecule has 0 bridgehead atoms. The van der Waals surface area contributed by atoms with Gasteiger partial charge in [0.25, 0.3) is 0 Å². The summed E-state index contributed by atoms with van der Waals surface area (Å²) in [5.74, 6) is 0.740. The summed E-state index contributed by atoms with van der Waals surface area (Å²) in [6.07, 6.45) is -0.110. The second-order valence-corrected chi connectivity index (χ2v) is 8.73. The van der Waals surface area contributed by atoms with Gasteiger partial charge in [-0.3, -0.25) is 9.59 Å². The third-order valence-corrected chi connectivity index (χ3v) is 5.87. The molecule has 2 rings (SSSR count). The van der Waals surface area contributed by atoms with Crippen LogP contribution in [0.1, 0.15) is 34.1 Å². The number of hydrogen-bond acceptors (Lipinski definition) is 5. The summed E-state index contributed by atoms with van der Waals surface area (Å²) < 4.78 is 0. The van der Waals surface area contributed by atoms with Crippen molar-refractivity contribution < 1.29 is 14.7 Å². The predicted octanol–water partition coefficient (Wildman–Crippen LogP) is 0.245. The van der Waals surface area contributed by atoms with Gasteiger partial charge in [0, 0.05) is 24.3 Å². The van der Waals surface area contributed by atoms with Gasteiger partial charge < -0.3 is 20.6 Å². The zero-order chi connectivity index (χ0) is 16.7. The molecule has 2 saturated heterocycles. The van der Waals surface area contributed by atoms with Crippen molar-refractivity contribution in [3.63, 3.8) is 0 Å². The van der Waals surface area contributed by atoms with Gasteiger partial charge in [-0.25, -0.2) is 0 Å². The highest BCUT2D eigenvalue weighted by molar-refractivity contribution is 8.00. The first-order chi connectivity index (χ1) is 10.1. The molecule has 2 fully saturated rings. The van der Waals surface area contributed by atoms with Crippen LogP contribution in [0.15, 0.2) is 0 Å². The van der Waals surface area contributed by atoms with E-state index in [-0.39, 0.29) is 16.7 Å². The fourth-order valence-corrected chi connectivity index (χ4v) is 4.53. The van der Waals surface area contributed by atoms with E-state index in [0.29, 0.717) is 19.6 Å². The van der Waals surface area contributed by atoms with Gasteiger partial charge in [0.15, 0.2) is 0 Å². The molecule has 0 radical (unpaired) electrons. The van der Waals surface area contributed by atoms with Crippen LogP contribution >= 0.6 is 11.8 Å². The third-order valence-electron chi connectivity index (χ3n) is 4.39. The van der Waals surface area contributed by atoms with Crippen molar-refractivity contribution in [1.29, 1.82) is 0 Å². The maximum Gasteiger partial charge on any atom is 0.243 e. The normalized spacial score (nSPS) is 28.3. The van der Waals surface area contributed by atoms with Gasteiger partial charge in [0.1, 0.15) is 10.9 Å². The van der Waals surface area contributed by atoms with Gasteiger partial charge >= 0.3 is 0 Å². The summed E-state index contributed by atoms with van der Waals surface area (Å²) in [5, 5.41) is 9.59. The molecule has 1 spiro atoms. The second-order valence-electron chi connectivity index (χ2n) is 7.28. The number of carbonyl (C=O) groups excluding carboxylic acids is 2. The van der Waals surface area contributed by atoms with E-state index in [1.54, 1.807) is 16.7 Å². The van der Waals surface area contributed by atoms with Crippen LogP contribution in [0.4, 0.5) is 0 Å². The van der Waals surface area contributed by atoms with Crippen LogP contribution in [0.3, 0.4) is 0 Å². The molecule has 2 heterocycles. The van der Waals surface area contributed by atoms with Crippen molar-refractivity contribution in [2.75, 3.05) is 25.4 Å². The molecule has 1 unspecified atom stereocenters. The Bertz CT molecular complexity index is 463. The third kappa shape index (κ3) is 3.12. The molecule has 7 heteroatoms. The molecule has 6 nitrogen and oxygen atoms in total. The van der Waals surface area contributed by atoms with E-state index >= 15 is 0 Å². The number of likely N-dealkylation sites (tertiary alicyclic amines) is 1. The van der Waals surface area contributed by atoms with Crippen molar-refractivity contribution in [1.82, 2.24) is 9.80 Å². The molecule has 22 heavy (non-hydrogen) atoms. The Labute approximate surface area is 136 Å². The lowest BCUT2D eigenvalue weighted by Gasteiger charge is -2.36. The quantitative estimate of drug-likeness (QED) is 0.758. The molecule has 0 aliphatic carbocycles. The number of rotatable bonds is 2. The minimum absolute atomic E-state index is 0.115. The maximum atomic E-state index is 12.5. The minimum Gasteiger partial charge on any atom is -0.391 e. The van der Waals surface area contributed by atoms with Crippen LogP contribution in [0.25, 0.3) is 0 Å². The summed E-state index contributed by atoms with van der Waals surface area (Å²) >= 11 is 1.72. The lowest BCUT2D eigenvalue weighted by Crippen LogP contribution is -2.56. The standard InChI is InChI=1S/C15H27N3O3S/c1-10(19)11(16)12(20)18-7-8-22-15(18)5-6-17(9-15)13(21)14(2,3)4/h10-11,19H,5-9,16H2,1-4H3/t10-,11+,15?/m1/s1. The predicted molar refractivity (Wildman–Crippen MR) is 87.2 cm³/mol. The topological polar surface area (TPSA) is 86.9 Å². The smallest absolute Gasteiger partial charge is 0.243 e. The van der Waals surface area contributed by atoms with Crippen LogP contribution in [-0.4, -0.2) is 69.1 Å². The average molecular weight is 329 g/mol. The fourth-order valence-electron chi connectivity index (χ4n) is 3.06. The largest absolute Gasteiger partial charge is 0.391 e. The molecular weight excluding hydrogens is 302 g/mol. The number of carbonyl (C=O) groups is 2. The van der Waals surface area contributed by atoms with Crippen LogP contribution in [0, 0.1) is 5.41 Å². The summed E-state index contributed by atoms with van der Waals surface area (Å²) in [6, 6.07) is -0.900. The molecular formula is C15H27N3O3S. The number of hydrogen-bond donors (Lipinski definition) is 2. The Hall–Kier alpha value is -0.790. The first-order valence-electron chi connectivity index (χ1n) is 7.77. The Kier molecular flexibility index (Phi) is 4.80. The number of nitrogens with two attached hydrogens (primary N) is 1. The van der Waals surface area contributed by atoms with Crippen LogP contribution in [0.2, 0.25) is 0 Å². The molecule has 0 aromatic carbocycles. The number of thioether (sulfide) groups is 1. The van der Waals surface area contributed by atoms with Crippen LogP contribution in [0.5, 0.6) is 0 Å². The van der Waals surface area contributed by atoms with Crippen molar-refractivity contribution in [3.8, 4) is 0 Å². The Morgan fingerprint density at radius 3 is 2.50 bits per heavy atom.